The van der Waals surface area contributed by atoms with E-state index < -0.39 is 18.1 Å². The molecule has 3 aromatic rings. The van der Waals surface area contributed by atoms with Gasteiger partial charge in [-0.1, -0.05) is 30.3 Å². The molecule has 6 rings (SSSR count). The van der Waals surface area contributed by atoms with Crippen LogP contribution >= 0.6 is 0 Å². The van der Waals surface area contributed by atoms with Gasteiger partial charge in [0.15, 0.2) is 0 Å². The van der Waals surface area contributed by atoms with Crippen LogP contribution in [-0.4, -0.2) is 91.7 Å². The molecule has 0 aliphatic carbocycles. The quantitative estimate of drug-likeness (QED) is 0.496. The number of amides is 2. The number of fused-ring (bicyclic) bond motifs is 4. The zero-order valence-electron chi connectivity index (χ0n) is 20.9. The third kappa shape index (κ3) is 4.18. The van der Waals surface area contributed by atoms with Crippen LogP contribution in [0.1, 0.15) is 33.2 Å². The Hall–Kier alpha value is -3.69. The van der Waals surface area contributed by atoms with Gasteiger partial charge in [-0.05, 0) is 29.3 Å². The fourth-order valence-corrected chi connectivity index (χ4v) is 5.98. The van der Waals surface area contributed by atoms with Crippen LogP contribution in [0.4, 0.5) is 0 Å². The van der Waals surface area contributed by atoms with E-state index in [1.54, 1.807) is 21.9 Å². The fourth-order valence-electron chi connectivity index (χ4n) is 5.98. The Balaban J connectivity index is 1.36. The summed E-state index contributed by atoms with van der Waals surface area (Å²) >= 11 is 0. The first-order valence-corrected chi connectivity index (χ1v) is 12.8. The maximum Gasteiger partial charge on any atom is 0.337 e. The summed E-state index contributed by atoms with van der Waals surface area (Å²) in [6.45, 7) is 4.76. The van der Waals surface area contributed by atoms with Gasteiger partial charge in [-0.15, -0.1) is 0 Å². The van der Waals surface area contributed by atoms with Crippen molar-refractivity contribution in [2.24, 2.45) is 0 Å². The first-order valence-electron chi connectivity index (χ1n) is 12.8. The maximum absolute atomic E-state index is 13.8. The second-order valence-corrected chi connectivity index (χ2v) is 9.97. The van der Waals surface area contributed by atoms with Gasteiger partial charge in [0.1, 0.15) is 25.7 Å². The zero-order chi connectivity index (χ0) is 25.5. The first-order chi connectivity index (χ1) is 18.0. The molecule has 0 radical (unpaired) electrons. The Morgan fingerprint density at radius 3 is 2.62 bits per heavy atom. The lowest BCUT2D eigenvalue weighted by Crippen LogP contribution is -3.14. The van der Waals surface area contributed by atoms with Crippen LogP contribution in [0, 0.1) is 0 Å². The van der Waals surface area contributed by atoms with Crippen molar-refractivity contribution >= 4 is 28.7 Å². The SMILES string of the molecule is COC(=O)c1ccc([C@@H]2c3[nH]c4ccccc4c3C[C@H]3C(=O)N(CC[NH+]4CCOCC4)CC(=O)N23)cc1. The molecule has 0 saturated carbocycles. The summed E-state index contributed by atoms with van der Waals surface area (Å²) in [5.74, 6) is -0.478. The smallest absolute Gasteiger partial charge is 0.337 e. The number of hydrogen-bond acceptors (Lipinski definition) is 5. The van der Waals surface area contributed by atoms with Gasteiger partial charge in [-0.3, -0.25) is 9.59 Å². The Morgan fingerprint density at radius 2 is 1.86 bits per heavy atom. The summed E-state index contributed by atoms with van der Waals surface area (Å²) in [5, 5.41) is 1.07. The van der Waals surface area contributed by atoms with Gasteiger partial charge < -0.3 is 29.2 Å². The maximum atomic E-state index is 13.8. The van der Waals surface area contributed by atoms with Crippen molar-refractivity contribution in [1.29, 1.82) is 0 Å². The van der Waals surface area contributed by atoms with E-state index in [1.165, 1.54) is 12.0 Å². The number of piperazine rings is 1. The van der Waals surface area contributed by atoms with Crippen molar-refractivity contribution < 1.29 is 28.8 Å². The molecule has 9 nitrogen and oxygen atoms in total. The topological polar surface area (TPSA) is 96.4 Å². The van der Waals surface area contributed by atoms with Crippen LogP contribution < -0.4 is 4.90 Å². The van der Waals surface area contributed by atoms with E-state index in [4.69, 9.17) is 9.47 Å². The number of aromatic amines is 1. The van der Waals surface area contributed by atoms with E-state index in [9.17, 15) is 14.4 Å². The third-order valence-corrected chi connectivity index (χ3v) is 7.93. The second-order valence-electron chi connectivity index (χ2n) is 9.97. The minimum Gasteiger partial charge on any atom is -0.465 e. The number of H-pyrrole nitrogens is 1. The van der Waals surface area contributed by atoms with Gasteiger partial charge in [0.2, 0.25) is 11.8 Å². The summed E-state index contributed by atoms with van der Waals surface area (Å²) in [7, 11) is 1.35. The average Bonchev–Trinajstić information content (AvgIpc) is 3.31. The van der Waals surface area contributed by atoms with E-state index in [2.05, 4.69) is 11.1 Å². The number of para-hydroxylation sites is 1. The number of ether oxygens (including phenoxy) is 2. The largest absolute Gasteiger partial charge is 0.465 e. The van der Waals surface area contributed by atoms with Gasteiger partial charge in [0.25, 0.3) is 0 Å². The van der Waals surface area contributed by atoms with E-state index in [-0.39, 0.29) is 18.4 Å². The van der Waals surface area contributed by atoms with Crippen LogP contribution in [0.2, 0.25) is 0 Å². The molecule has 2 atom stereocenters. The molecule has 2 amide bonds. The van der Waals surface area contributed by atoms with Gasteiger partial charge in [-0.2, -0.15) is 0 Å². The van der Waals surface area contributed by atoms with Crippen molar-refractivity contribution in [2.75, 3.05) is 53.0 Å². The highest BCUT2D eigenvalue weighted by Gasteiger charge is 2.48. The molecule has 2 saturated heterocycles. The van der Waals surface area contributed by atoms with Gasteiger partial charge in [0.05, 0.1) is 45.0 Å². The number of hydrogen-bond donors (Lipinski definition) is 2. The number of carbonyl (C=O) groups excluding carboxylic acids is 3. The van der Waals surface area contributed by atoms with Crippen molar-refractivity contribution in [2.45, 2.75) is 18.5 Å². The van der Waals surface area contributed by atoms with Gasteiger partial charge >= 0.3 is 5.97 Å². The molecular weight excluding hydrogens is 472 g/mol. The number of morpholine rings is 1. The number of nitrogens with zero attached hydrogens (tertiary/aromatic N) is 2. The average molecular weight is 504 g/mol. The summed E-state index contributed by atoms with van der Waals surface area (Å²) in [6, 6.07) is 14.1. The molecule has 2 aromatic carbocycles. The molecular formula is C28H31N4O5+. The Bertz CT molecular complexity index is 1340. The Kier molecular flexibility index (Phi) is 6.18. The molecule has 0 unspecified atom stereocenters. The number of rotatable bonds is 5. The number of nitrogens with one attached hydrogen (secondary N) is 2. The highest BCUT2D eigenvalue weighted by Crippen LogP contribution is 2.42. The first kappa shape index (κ1) is 23.7. The number of methoxy groups -OCH3 is 1. The molecule has 2 N–H and O–H groups in total. The van der Waals surface area contributed by atoms with E-state index in [0.717, 1.165) is 60.6 Å². The standard InChI is InChI=1S/C28H30N4O5/c1-36-28(35)19-8-6-18(7-9-19)26-25-21(20-4-2-3-5-22(20)29-25)16-23-27(34)31(17-24(33)32(23)26)11-10-30-12-14-37-15-13-30/h2-9,23,26,29H,10-17H2,1H3/p+1/t23-,26+/m0/s1. The van der Waals surface area contributed by atoms with E-state index in [1.807, 2.05) is 30.3 Å². The number of carbonyl (C=O) groups is 3. The molecule has 4 heterocycles. The summed E-state index contributed by atoms with van der Waals surface area (Å²) < 4.78 is 10.3. The number of esters is 1. The highest BCUT2D eigenvalue weighted by atomic mass is 16.5. The lowest BCUT2D eigenvalue weighted by molar-refractivity contribution is -0.907. The lowest BCUT2D eigenvalue weighted by atomic mass is 9.86. The number of benzene rings is 2. The second kappa shape index (κ2) is 9.64. The number of aromatic nitrogens is 1. The van der Waals surface area contributed by atoms with Crippen LogP contribution in [0.25, 0.3) is 10.9 Å². The molecule has 1 aromatic heterocycles. The van der Waals surface area contributed by atoms with Crippen LogP contribution in [0.15, 0.2) is 48.5 Å². The fraction of sp³-hybridized carbons (Fsp3) is 0.393. The molecule has 9 heteroatoms. The van der Waals surface area contributed by atoms with Crippen molar-refractivity contribution in [1.82, 2.24) is 14.8 Å². The lowest BCUT2D eigenvalue weighted by Gasteiger charge is -2.47. The zero-order valence-corrected chi connectivity index (χ0v) is 20.9. The molecule has 0 spiro atoms. The van der Waals surface area contributed by atoms with Crippen molar-refractivity contribution in [3.8, 4) is 0 Å². The van der Waals surface area contributed by atoms with Crippen LogP contribution in [0.5, 0.6) is 0 Å². The summed E-state index contributed by atoms with van der Waals surface area (Å²) in [6.07, 6.45) is 0.474. The Morgan fingerprint density at radius 1 is 1.11 bits per heavy atom. The minimum absolute atomic E-state index is 0.000582. The summed E-state index contributed by atoms with van der Waals surface area (Å²) in [5.41, 5.74) is 4.26. The van der Waals surface area contributed by atoms with Crippen molar-refractivity contribution in [3.63, 3.8) is 0 Å². The Labute approximate surface area is 214 Å². The van der Waals surface area contributed by atoms with Gasteiger partial charge in [-0.25, -0.2) is 4.79 Å². The molecule has 2 fully saturated rings. The minimum atomic E-state index is -0.571. The van der Waals surface area contributed by atoms with Crippen LogP contribution in [-0.2, 0) is 25.5 Å². The normalized spacial score (nSPS) is 22.2. The molecule has 3 aliphatic heterocycles. The predicted molar refractivity (Wildman–Crippen MR) is 135 cm³/mol. The molecule has 37 heavy (non-hydrogen) atoms. The van der Waals surface area contributed by atoms with Crippen molar-refractivity contribution in [3.05, 3.63) is 70.9 Å². The van der Waals surface area contributed by atoms with E-state index >= 15 is 0 Å². The van der Waals surface area contributed by atoms with Crippen LogP contribution in [0.3, 0.4) is 0 Å². The molecule has 0 bridgehead atoms. The third-order valence-electron chi connectivity index (χ3n) is 7.93. The van der Waals surface area contributed by atoms with E-state index in [0.29, 0.717) is 18.5 Å². The number of quaternary nitrogens is 1. The molecule has 3 aliphatic rings. The highest BCUT2D eigenvalue weighted by molar-refractivity contribution is 5.97. The molecule has 192 valence electrons. The summed E-state index contributed by atoms with van der Waals surface area (Å²) in [4.78, 5) is 47.9. The monoisotopic (exact) mass is 503 g/mol. The predicted octanol–water partition coefficient (Wildman–Crippen LogP) is 0.555. The van der Waals surface area contributed by atoms with Gasteiger partial charge in [0, 0.05) is 23.0 Å².